The zero-order valence-corrected chi connectivity index (χ0v) is 11.2. The fraction of sp³-hybridized carbons (Fsp3) is 0.0625. The van der Waals surface area contributed by atoms with E-state index in [0.717, 1.165) is 4.90 Å². The van der Waals surface area contributed by atoms with Crippen LogP contribution in [0.25, 0.3) is 6.08 Å². The topological polar surface area (TPSA) is 17.1 Å². The van der Waals surface area contributed by atoms with Crippen LogP contribution < -0.4 is 0 Å². The summed E-state index contributed by atoms with van der Waals surface area (Å²) in [6.45, 7) is 0. The number of carbonyl (C=O) groups excluding carboxylic acids is 1. The van der Waals surface area contributed by atoms with Crippen LogP contribution >= 0.6 is 11.8 Å². The molecule has 0 amide bonds. The van der Waals surface area contributed by atoms with E-state index in [1.165, 1.54) is 30.0 Å². The highest BCUT2D eigenvalue weighted by Gasteiger charge is 2.23. The molecule has 0 fully saturated rings. The van der Waals surface area contributed by atoms with E-state index < -0.39 is 5.82 Å². The highest BCUT2D eigenvalue weighted by molar-refractivity contribution is 7.99. The van der Waals surface area contributed by atoms with Gasteiger partial charge in [-0.25, -0.2) is 8.78 Å². The number of fused-ring (bicyclic) bond motifs is 1. The van der Waals surface area contributed by atoms with Gasteiger partial charge in [0.05, 0.1) is 0 Å². The van der Waals surface area contributed by atoms with Crippen molar-refractivity contribution in [1.82, 2.24) is 0 Å². The minimum absolute atomic E-state index is 0.235. The molecule has 100 valence electrons. The van der Waals surface area contributed by atoms with Crippen LogP contribution in [-0.4, -0.2) is 11.5 Å². The SMILES string of the molecule is O=C1C(=Cc2ccccc2F)CSc2ccc(F)cc21. The van der Waals surface area contributed by atoms with Gasteiger partial charge in [-0.1, -0.05) is 18.2 Å². The van der Waals surface area contributed by atoms with Crippen molar-refractivity contribution in [3.63, 3.8) is 0 Å². The predicted octanol–water partition coefficient (Wildman–Crippen LogP) is 4.34. The second kappa shape index (κ2) is 5.21. The summed E-state index contributed by atoms with van der Waals surface area (Å²) in [5, 5.41) is 0. The molecule has 0 aliphatic carbocycles. The first-order chi connectivity index (χ1) is 9.65. The van der Waals surface area contributed by atoms with Gasteiger partial charge in [0.2, 0.25) is 0 Å². The van der Waals surface area contributed by atoms with Crippen LogP contribution in [0.4, 0.5) is 8.78 Å². The van der Waals surface area contributed by atoms with Crippen molar-refractivity contribution in [1.29, 1.82) is 0 Å². The lowest BCUT2D eigenvalue weighted by Crippen LogP contribution is -2.12. The fourth-order valence-electron chi connectivity index (χ4n) is 2.09. The standard InChI is InChI=1S/C16H10F2OS/c17-12-5-6-15-13(8-12)16(19)11(9-20-15)7-10-3-1-2-4-14(10)18/h1-8H,9H2. The molecule has 0 bridgehead atoms. The van der Waals surface area contributed by atoms with Crippen molar-refractivity contribution >= 4 is 23.6 Å². The summed E-state index contributed by atoms with van der Waals surface area (Å²) < 4.78 is 26.9. The molecule has 1 nitrogen and oxygen atoms in total. The molecule has 0 radical (unpaired) electrons. The number of Topliss-reactive ketones (excluding diaryl/α,β-unsaturated/α-hetero) is 1. The first-order valence-electron chi connectivity index (χ1n) is 6.07. The largest absolute Gasteiger partial charge is 0.289 e. The summed E-state index contributed by atoms with van der Waals surface area (Å²) in [6, 6.07) is 10.4. The van der Waals surface area contributed by atoms with Crippen LogP contribution in [0.15, 0.2) is 52.9 Å². The van der Waals surface area contributed by atoms with Crippen LogP contribution in [0.3, 0.4) is 0 Å². The maximum atomic E-state index is 13.6. The van der Waals surface area contributed by atoms with Crippen molar-refractivity contribution < 1.29 is 13.6 Å². The summed E-state index contributed by atoms with van der Waals surface area (Å²) in [5.41, 5.74) is 1.21. The number of hydrogen-bond donors (Lipinski definition) is 0. The number of hydrogen-bond acceptors (Lipinski definition) is 2. The Labute approximate surface area is 119 Å². The number of halogens is 2. The molecule has 0 atom stereocenters. The summed E-state index contributed by atoms with van der Waals surface area (Å²) in [7, 11) is 0. The molecule has 0 saturated heterocycles. The minimum atomic E-state index is -0.440. The number of carbonyl (C=O) groups is 1. The Morgan fingerprint density at radius 2 is 1.90 bits per heavy atom. The molecule has 2 aromatic carbocycles. The van der Waals surface area contributed by atoms with Crippen molar-refractivity contribution in [2.75, 3.05) is 5.75 Å². The molecule has 20 heavy (non-hydrogen) atoms. The van der Waals surface area contributed by atoms with Gasteiger partial charge in [-0.3, -0.25) is 4.79 Å². The third-order valence-corrected chi connectivity index (χ3v) is 4.22. The lowest BCUT2D eigenvalue weighted by atomic mass is 10.0. The van der Waals surface area contributed by atoms with E-state index in [1.807, 2.05) is 0 Å². The van der Waals surface area contributed by atoms with Gasteiger partial charge >= 0.3 is 0 Å². The molecule has 1 aliphatic rings. The smallest absolute Gasteiger partial charge is 0.191 e. The molecular formula is C16H10F2OS. The Morgan fingerprint density at radius 1 is 1.10 bits per heavy atom. The van der Waals surface area contributed by atoms with Gasteiger partial charge in [0.25, 0.3) is 0 Å². The zero-order chi connectivity index (χ0) is 14.1. The van der Waals surface area contributed by atoms with Crippen LogP contribution in [0.1, 0.15) is 15.9 Å². The Balaban J connectivity index is 2.02. The molecule has 0 unspecified atom stereocenters. The lowest BCUT2D eigenvalue weighted by Gasteiger charge is -2.17. The molecule has 0 saturated carbocycles. The van der Waals surface area contributed by atoms with Crippen LogP contribution in [0.2, 0.25) is 0 Å². The Hall–Kier alpha value is -1.94. The van der Waals surface area contributed by atoms with Gasteiger partial charge in [0, 0.05) is 27.3 Å². The van der Waals surface area contributed by atoms with Crippen LogP contribution in [0.5, 0.6) is 0 Å². The molecule has 0 N–H and O–H groups in total. The molecule has 3 rings (SSSR count). The maximum absolute atomic E-state index is 13.6. The van der Waals surface area contributed by atoms with E-state index in [-0.39, 0.29) is 11.6 Å². The molecule has 4 heteroatoms. The van der Waals surface area contributed by atoms with Crippen LogP contribution in [0, 0.1) is 11.6 Å². The Morgan fingerprint density at radius 3 is 2.70 bits per heavy atom. The number of thioether (sulfide) groups is 1. The summed E-state index contributed by atoms with van der Waals surface area (Å²) in [6.07, 6.45) is 1.54. The molecule has 0 spiro atoms. The second-order valence-corrected chi connectivity index (χ2v) is 5.47. The second-order valence-electron chi connectivity index (χ2n) is 4.45. The average Bonchev–Trinajstić information content (AvgIpc) is 2.45. The molecule has 1 aliphatic heterocycles. The third-order valence-electron chi connectivity index (χ3n) is 3.10. The van der Waals surface area contributed by atoms with Gasteiger partial charge in [-0.05, 0) is 30.3 Å². The number of ketones is 1. The maximum Gasteiger partial charge on any atom is 0.191 e. The van der Waals surface area contributed by atoms with Crippen molar-refractivity contribution in [3.05, 3.63) is 70.8 Å². The van der Waals surface area contributed by atoms with Gasteiger partial charge in [-0.2, -0.15) is 0 Å². The quantitative estimate of drug-likeness (QED) is 0.726. The Bertz CT molecular complexity index is 722. The summed E-state index contributed by atoms with van der Waals surface area (Å²) in [5.74, 6) is -0.583. The van der Waals surface area contributed by atoms with E-state index in [1.54, 1.807) is 30.3 Å². The fourth-order valence-corrected chi connectivity index (χ4v) is 3.08. The highest BCUT2D eigenvalue weighted by atomic mass is 32.2. The van der Waals surface area contributed by atoms with Gasteiger partial charge in [-0.15, -0.1) is 11.8 Å². The lowest BCUT2D eigenvalue weighted by molar-refractivity contribution is 0.103. The number of rotatable bonds is 1. The minimum Gasteiger partial charge on any atom is -0.289 e. The zero-order valence-electron chi connectivity index (χ0n) is 10.4. The average molecular weight is 288 g/mol. The Kier molecular flexibility index (Phi) is 3.40. The van der Waals surface area contributed by atoms with E-state index in [2.05, 4.69) is 0 Å². The summed E-state index contributed by atoms with van der Waals surface area (Å²) >= 11 is 1.46. The monoisotopic (exact) mass is 288 g/mol. The summed E-state index contributed by atoms with van der Waals surface area (Å²) in [4.78, 5) is 13.1. The van der Waals surface area contributed by atoms with E-state index in [9.17, 15) is 13.6 Å². The molecule has 0 aromatic heterocycles. The van der Waals surface area contributed by atoms with E-state index >= 15 is 0 Å². The normalized spacial score (nSPS) is 16.3. The molecular weight excluding hydrogens is 278 g/mol. The predicted molar refractivity (Wildman–Crippen MR) is 75.8 cm³/mol. The molecule has 1 heterocycles. The first kappa shape index (κ1) is 13.1. The van der Waals surface area contributed by atoms with Crippen molar-refractivity contribution in [2.45, 2.75) is 4.90 Å². The third kappa shape index (κ3) is 2.39. The van der Waals surface area contributed by atoms with Gasteiger partial charge in [0.1, 0.15) is 11.6 Å². The highest BCUT2D eigenvalue weighted by Crippen LogP contribution is 2.33. The van der Waals surface area contributed by atoms with Crippen molar-refractivity contribution in [2.24, 2.45) is 0 Å². The van der Waals surface area contributed by atoms with Crippen LogP contribution in [-0.2, 0) is 0 Å². The van der Waals surface area contributed by atoms with Gasteiger partial charge in [0.15, 0.2) is 5.78 Å². The molecule has 2 aromatic rings. The van der Waals surface area contributed by atoms with E-state index in [0.29, 0.717) is 22.5 Å². The van der Waals surface area contributed by atoms with Gasteiger partial charge < -0.3 is 0 Å². The van der Waals surface area contributed by atoms with E-state index in [4.69, 9.17) is 0 Å². The van der Waals surface area contributed by atoms with Crippen molar-refractivity contribution in [3.8, 4) is 0 Å². The first-order valence-corrected chi connectivity index (χ1v) is 7.06. The number of benzene rings is 2.